The lowest BCUT2D eigenvalue weighted by Gasteiger charge is -2.19. The fourth-order valence-corrected chi connectivity index (χ4v) is 1.14. The van der Waals surface area contributed by atoms with Crippen LogP contribution in [0.1, 0.15) is 24.2 Å². The molecule has 0 radical (unpaired) electrons. The minimum Gasteiger partial charge on any atom is -0.472 e. The molecule has 0 aliphatic heterocycles. The number of hydrogen-bond acceptors (Lipinski definition) is 3. The van der Waals surface area contributed by atoms with Gasteiger partial charge in [-0.2, -0.15) is 0 Å². The Balaban J connectivity index is 2.56. The Morgan fingerprint density at radius 3 is 2.79 bits per heavy atom. The smallest absolute Gasteiger partial charge is 0.254 e. The summed E-state index contributed by atoms with van der Waals surface area (Å²) in [5, 5.41) is 2.84. The van der Waals surface area contributed by atoms with E-state index in [1.807, 2.05) is 13.8 Å². The van der Waals surface area contributed by atoms with Gasteiger partial charge in [0.25, 0.3) is 5.91 Å². The van der Waals surface area contributed by atoms with Gasteiger partial charge in [-0.05, 0) is 12.0 Å². The molecule has 0 saturated heterocycles. The molecule has 1 aromatic heterocycles. The molecule has 1 atom stereocenters. The maximum Gasteiger partial charge on any atom is 0.254 e. The zero-order chi connectivity index (χ0) is 10.6. The number of carbonyl (C=O) groups excluding carboxylic acids is 1. The van der Waals surface area contributed by atoms with Gasteiger partial charge < -0.3 is 15.5 Å². The largest absolute Gasteiger partial charge is 0.472 e. The van der Waals surface area contributed by atoms with E-state index in [1.54, 1.807) is 6.07 Å². The Labute approximate surface area is 83.5 Å². The highest BCUT2D eigenvalue weighted by molar-refractivity contribution is 5.93. The van der Waals surface area contributed by atoms with E-state index in [1.165, 1.54) is 12.5 Å². The van der Waals surface area contributed by atoms with Crippen LogP contribution < -0.4 is 11.1 Å². The van der Waals surface area contributed by atoms with Crippen LogP contribution in [-0.2, 0) is 0 Å². The molecule has 1 aromatic rings. The van der Waals surface area contributed by atoms with Gasteiger partial charge in [-0.25, -0.2) is 0 Å². The lowest BCUT2D eigenvalue weighted by molar-refractivity contribution is 0.0927. The zero-order valence-electron chi connectivity index (χ0n) is 8.49. The lowest BCUT2D eigenvalue weighted by Crippen LogP contribution is -2.43. The maximum absolute atomic E-state index is 11.6. The summed E-state index contributed by atoms with van der Waals surface area (Å²) in [6.45, 7) is 4.49. The molecule has 0 aliphatic rings. The van der Waals surface area contributed by atoms with Gasteiger partial charge in [-0.3, -0.25) is 4.79 Å². The molecule has 0 bridgehead atoms. The van der Waals surface area contributed by atoms with Crippen LogP contribution in [0.5, 0.6) is 0 Å². The Morgan fingerprint density at radius 1 is 1.64 bits per heavy atom. The van der Waals surface area contributed by atoms with E-state index in [-0.39, 0.29) is 11.9 Å². The van der Waals surface area contributed by atoms with Gasteiger partial charge in [0.2, 0.25) is 0 Å². The number of nitrogens with two attached hydrogens (primary N) is 1. The third-order valence-corrected chi connectivity index (χ3v) is 2.16. The fourth-order valence-electron chi connectivity index (χ4n) is 1.14. The first-order valence-electron chi connectivity index (χ1n) is 4.68. The van der Waals surface area contributed by atoms with Gasteiger partial charge in [0.15, 0.2) is 0 Å². The highest BCUT2D eigenvalue weighted by Gasteiger charge is 2.15. The van der Waals surface area contributed by atoms with E-state index in [2.05, 4.69) is 5.32 Å². The fraction of sp³-hybridized carbons (Fsp3) is 0.500. The first-order chi connectivity index (χ1) is 6.65. The molecule has 0 saturated carbocycles. The summed E-state index contributed by atoms with van der Waals surface area (Å²) in [6, 6.07) is 1.64. The molecule has 1 rings (SSSR count). The lowest BCUT2D eigenvalue weighted by atomic mass is 10.0. The molecule has 3 N–H and O–H groups in total. The quantitative estimate of drug-likeness (QED) is 0.754. The molecule has 1 amide bonds. The summed E-state index contributed by atoms with van der Waals surface area (Å²) in [7, 11) is 0. The molecule has 0 fully saturated rings. The van der Waals surface area contributed by atoms with Gasteiger partial charge in [-0.1, -0.05) is 13.8 Å². The second kappa shape index (κ2) is 4.81. The van der Waals surface area contributed by atoms with Gasteiger partial charge in [0.05, 0.1) is 11.8 Å². The van der Waals surface area contributed by atoms with Crippen molar-refractivity contribution in [3.63, 3.8) is 0 Å². The molecular formula is C10H16N2O2. The minimum absolute atomic E-state index is 0.0115. The summed E-state index contributed by atoms with van der Waals surface area (Å²) in [5.74, 6) is 0.193. The van der Waals surface area contributed by atoms with Crippen molar-refractivity contribution < 1.29 is 9.21 Å². The van der Waals surface area contributed by atoms with Crippen molar-refractivity contribution in [2.75, 3.05) is 6.54 Å². The average Bonchev–Trinajstić information content (AvgIpc) is 2.65. The number of carbonyl (C=O) groups is 1. The van der Waals surface area contributed by atoms with E-state index < -0.39 is 0 Å². The first kappa shape index (κ1) is 10.8. The van der Waals surface area contributed by atoms with Crippen molar-refractivity contribution in [3.8, 4) is 0 Å². The van der Waals surface area contributed by atoms with Crippen LogP contribution in [0.15, 0.2) is 23.0 Å². The van der Waals surface area contributed by atoms with Gasteiger partial charge in [-0.15, -0.1) is 0 Å². The summed E-state index contributed by atoms with van der Waals surface area (Å²) < 4.78 is 4.82. The molecule has 0 aromatic carbocycles. The number of nitrogens with one attached hydrogen (secondary N) is 1. The zero-order valence-corrected chi connectivity index (χ0v) is 8.49. The van der Waals surface area contributed by atoms with Crippen molar-refractivity contribution >= 4 is 5.91 Å². The molecule has 4 heteroatoms. The third kappa shape index (κ3) is 2.60. The van der Waals surface area contributed by atoms with Crippen molar-refractivity contribution in [2.45, 2.75) is 19.9 Å². The van der Waals surface area contributed by atoms with E-state index in [9.17, 15) is 4.79 Å². The monoisotopic (exact) mass is 196 g/mol. The number of amides is 1. The number of furan rings is 1. The molecule has 0 aliphatic carbocycles. The SMILES string of the molecule is CC(C)C(CN)NC(=O)c1ccoc1. The second-order valence-corrected chi connectivity index (χ2v) is 3.57. The van der Waals surface area contributed by atoms with Crippen molar-refractivity contribution in [3.05, 3.63) is 24.2 Å². The number of hydrogen-bond donors (Lipinski definition) is 2. The van der Waals surface area contributed by atoms with Crippen molar-refractivity contribution in [2.24, 2.45) is 11.7 Å². The third-order valence-electron chi connectivity index (χ3n) is 2.16. The van der Waals surface area contributed by atoms with Crippen LogP contribution in [0.3, 0.4) is 0 Å². The van der Waals surface area contributed by atoms with E-state index >= 15 is 0 Å². The summed E-state index contributed by atoms with van der Waals surface area (Å²) in [6.07, 6.45) is 2.89. The van der Waals surface area contributed by atoms with Gasteiger partial charge in [0, 0.05) is 12.6 Å². The average molecular weight is 196 g/mol. The summed E-state index contributed by atoms with van der Waals surface area (Å²) >= 11 is 0. The predicted octanol–water partition coefficient (Wildman–Crippen LogP) is 0.993. The molecule has 1 unspecified atom stereocenters. The van der Waals surface area contributed by atoms with E-state index in [0.717, 1.165) is 0 Å². The highest BCUT2D eigenvalue weighted by atomic mass is 16.3. The maximum atomic E-state index is 11.6. The van der Waals surface area contributed by atoms with Crippen LogP contribution in [0.2, 0.25) is 0 Å². The standard InChI is InChI=1S/C10H16N2O2/c1-7(2)9(5-11)12-10(13)8-3-4-14-6-8/h3-4,6-7,9H,5,11H2,1-2H3,(H,12,13). The van der Waals surface area contributed by atoms with Crippen LogP contribution in [-0.4, -0.2) is 18.5 Å². The van der Waals surface area contributed by atoms with Crippen LogP contribution in [0, 0.1) is 5.92 Å². The van der Waals surface area contributed by atoms with E-state index in [0.29, 0.717) is 18.0 Å². The van der Waals surface area contributed by atoms with Crippen molar-refractivity contribution in [1.29, 1.82) is 0 Å². The van der Waals surface area contributed by atoms with Crippen LogP contribution >= 0.6 is 0 Å². The Bertz CT molecular complexity index is 280. The first-order valence-corrected chi connectivity index (χ1v) is 4.68. The van der Waals surface area contributed by atoms with Gasteiger partial charge in [0.1, 0.15) is 6.26 Å². The topological polar surface area (TPSA) is 68.3 Å². The van der Waals surface area contributed by atoms with Crippen molar-refractivity contribution in [1.82, 2.24) is 5.32 Å². The Hall–Kier alpha value is -1.29. The molecule has 1 heterocycles. The molecule has 78 valence electrons. The van der Waals surface area contributed by atoms with Gasteiger partial charge >= 0.3 is 0 Å². The number of rotatable bonds is 4. The summed E-state index contributed by atoms with van der Waals surface area (Å²) in [4.78, 5) is 11.6. The van der Waals surface area contributed by atoms with Crippen LogP contribution in [0.25, 0.3) is 0 Å². The highest BCUT2D eigenvalue weighted by Crippen LogP contribution is 2.04. The normalized spacial score (nSPS) is 12.9. The predicted molar refractivity (Wildman–Crippen MR) is 53.9 cm³/mol. The second-order valence-electron chi connectivity index (χ2n) is 3.57. The molecular weight excluding hydrogens is 180 g/mol. The molecule has 4 nitrogen and oxygen atoms in total. The minimum atomic E-state index is -0.136. The Morgan fingerprint density at radius 2 is 2.36 bits per heavy atom. The summed E-state index contributed by atoms with van der Waals surface area (Å²) in [5.41, 5.74) is 6.07. The van der Waals surface area contributed by atoms with Crippen LogP contribution in [0.4, 0.5) is 0 Å². The molecule has 0 spiro atoms. The Kier molecular flexibility index (Phi) is 3.71. The van der Waals surface area contributed by atoms with E-state index in [4.69, 9.17) is 10.2 Å². The molecule has 14 heavy (non-hydrogen) atoms.